The molecule has 1 aliphatic carbocycles. The molecule has 0 fully saturated rings. The number of hydrogen-bond donors (Lipinski definition) is 1. The summed E-state index contributed by atoms with van der Waals surface area (Å²) in [5.41, 5.74) is 14.2. The lowest BCUT2D eigenvalue weighted by Gasteiger charge is -2.32. The molecule has 2 unspecified atom stereocenters. The van der Waals surface area contributed by atoms with Crippen LogP contribution < -0.4 is 5.32 Å². The molecular weight excluding hydrogens is 789 g/mol. The first kappa shape index (κ1) is 38.6. The molecule has 0 radical (unpaired) electrons. The minimum Gasteiger partial charge on any atom is -0.363 e. The fraction of sp³-hybridized carbons (Fsp3) is 0.0820. The molecular formula is C61H46N4. The molecule has 0 saturated heterocycles. The van der Waals surface area contributed by atoms with Crippen LogP contribution in [-0.4, -0.2) is 21.4 Å². The van der Waals surface area contributed by atoms with E-state index in [1.54, 1.807) is 0 Å². The van der Waals surface area contributed by atoms with Crippen LogP contribution in [0, 0.1) is 12.8 Å². The smallest absolute Gasteiger partial charge is 0.126 e. The van der Waals surface area contributed by atoms with Gasteiger partial charge in [-0.2, -0.15) is 0 Å². The molecule has 2 aliphatic rings. The van der Waals surface area contributed by atoms with Crippen molar-refractivity contribution in [1.82, 2.24) is 14.9 Å². The number of aromatic nitrogens is 2. The summed E-state index contributed by atoms with van der Waals surface area (Å²) in [7, 11) is 0. The molecule has 1 N–H and O–H groups in total. The van der Waals surface area contributed by atoms with Gasteiger partial charge in [0.1, 0.15) is 6.17 Å². The van der Waals surface area contributed by atoms with Crippen LogP contribution in [0.15, 0.2) is 212 Å². The lowest BCUT2D eigenvalue weighted by molar-refractivity contribution is 0.475. The second-order valence-electron chi connectivity index (χ2n) is 17.4. The van der Waals surface area contributed by atoms with Gasteiger partial charge in [0.25, 0.3) is 0 Å². The van der Waals surface area contributed by atoms with Crippen molar-refractivity contribution in [1.29, 1.82) is 0 Å². The van der Waals surface area contributed by atoms with Gasteiger partial charge in [0.05, 0.1) is 11.2 Å². The average Bonchev–Trinajstić information content (AvgIpc) is 3.65. The lowest BCUT2D eigenvalue weighted by atomic mass is 9.81. The molecule has 65 heavy (non-hydrogen) atoms. The Morgan fingerprint density at radius 1 is 0.662 bits per heavy atom. The molecule has 4 nitrogen and oxygen atoms in total. The van der Waals surface area contributed by atoms with Crippen molar-refractivity contribution in [2.24, 2.45) is 10.9 Å². The number of nitrogens with one attached hydrogen (secondary N) is 1. The van der Waals surface area contributed by atoms with Crippen LogP contribution in [0.3, 0.4) is 0 Å². The minimum absolute atomic E-state index is 0.0986. The highest BCUT2D eigenvalue weighted by Crippen LogP contribution is 2.44. The third-order valence-corrected chi connectivity index (χ3v) is 13.6. The summed E-state index contributed by atoms with van der Waals surface area (Å²) in [5, 5.41) is 15.1. The molecule has 2 aromatic heterocycles. The van der Waals surface area contributed by atoms with Gasteiger partial charge in [-0.3, -0.25) is 9.98 Å². The SMILES string of the molecule is C/C(=C\c1c(C)n(-c2ccccc2)c2ccncc12)c1c2ccccc2c(C2=CC=CC(C3N=C(c4ccccc4)C=C(c4cc5ccccc5c5ccccc45)N3)C2)c2ccccc12. The summed E-state index contributed by atoms with van der Waals surface area (Å²) < 4.78 is 2.35. The molecule has 0 spiro atoms. The normalized spacial score (nSPS) is 16.5. The number of hydrogen-bond acceptors (Lipinski definition) is 3. The Balaban J connectivity index is 0.961. The number of nitrogens with zero attached hydrogens (tertiary/aromatic N) is 3. The van der Waals surface area contributed by atoms with E-state index in [-0.39, 0.29) is 12.1 Å². The van der Waals surface area contributed by atoms with Crippen molar-refractivity contribution in [3.05, 3.63) is 240 Å². The summed E-state index contributed by atoms with van der Waals surface area (Å²) in [4.78, 5) is 10.1. The highest BCUT2D eigenvalue weighted by molar-refractivity contribution is 6.19. The van der Waals surface area contributed by atoms with Crippen molar-refractivity contribution < 1.29 is 0 Å². The zero-order chi connectivity index (χ0) is 43.4. The molecule has 310 valence electrons. The maximum absolute atomic E-state index is 5.51. The van der Waals surface area contributed by atoms with Gasteiger partial charge >= 0.3 is 0 Å². The number of allylic oxidation sites excluding steroid dienone is 5. The van der Waals surface area contributed by atoms with Gasteiger partial charge in [-0.05, 0) is 128 Å². The maximum atomic E-state index is 5.51. The average molecular weight is 835 g/mol. The van der Waals surface area contributed by atoms with Crippen molar-refractivity contribution >= 4 is 82.6 Å². The second kappa shape index (κ2) is 15.9. The van der Waals surface area contributed by atoms with E-state index in [0.717, 1.165) is 40.0 Å². The van der Waals surface area contributed by atoms with E-state index >= 15 is 0 Å². The Hall–Kier alpha value is -8.08. The second-order valence-corrected chi connectivity index (χ2v) is 17.4. The Kier molecular flexibility index (Phi) is 9.45. The quantitative estimate of drug-likeness (QED) is 0.128. The molecule has 4 heteroatoms. The highest BCUT2D eigenvalue weighted by atomic mass is 15.1. The Labute approximate surface area is 378 Å². The van der Waals surface area contributed by atoms with Crippen molar-refractivity contribution in [2.75, 3.05) is 0 Å². The van der Waals surface area contributed by atoms with Crippen LogP contribution >= 0.6 is 0 Å². The molecule has 0 saturated carbocycles. The standard InChI is InChI=1S/C61H46N4/c1-39(34-53-40(2)65(45-23-7-4-8-24-45)58-32-33-62-38-55(53)58)59-49-28-13-15-30-51(49)60(52-31-16-14-29-50(52)59)43-21-17-22-44(35-43)61-63-56(41-18-5-3-6-19-41)37-57(64-61)54-36-42-20-9-10-25-46(42)47-26-11-12-27-48(47)54/h3-34,36-38,44,61,64H,35H2,1-2H3/b39-34+. The largest absolute Gasteiger partial charge is 0.363 e. The number of aliphatic imine (C=N–C) groups is 1. The van der Waals surface area contributed by atoms with Gasteiger partial charge in [0.2, 0.25) is 0 Å². The van der Waals surface area contributed by atoms with Crippen molar-refractivity contribution in [2.45, 2.75) is 26.4 Å². The van der Waals surface area contributed by atoms with Crippen LogP contribution in [-0.2, 0) is 0 Å². The Bertz CT molecular complexity index is 3620. The lowest BCUT2D eigenvalue weighted by Crippen LogP contribution is -2.37. The zero-order valence-corrected chi connectivity index (χ0v) is 36.4. The first-order valence-electron chi connectivity index (χ1n) is 22.6. The molecule has 0 bridgehead atoms. The van der Waals surface area contributed by atoms with Crippen LogP contribution in [0.1, 0.15) is 46.9 Å². The van der Waals surface area contributed by atoms with Gasteiger partial charge in [-0.1, -0.05) is 164 Å². The predicted molar refractivity (Wildman–Crippen MR) is 275 cm³/mol. The molecule has 0 amide bonds. The van der Waals surface area contributed by atoms with Gasteiger partial charge < -0.3 is 9.88 Å². The molecule has 3 heterocycles. The third-order valence-electron chi connectivity index (χ3n) is 13.6. The Morgan fingerprint density at radius 2 is 1.29 bits per heavy atom. The molecule has 8 aromatic carbocycles. The predicted octanol–water partition coefficient (Wildman–Crippen LogP) is 14.9. The van der Waals surface area contributed by atoms with Crippen LogP contribution in [0.5, 0.6) is 0 Å². The Morgan fingerprint density at radius 3 is 2.03 bits per heavy atom. The number of rotatable bonds is 7. The monoisotopic (exact) mass is 834 g/mol. The van der Waals surface area contributed by atoms with E-state index < -0.39 is 0 Å². The van der Waals surface area contributed by atoms with E-state index in [9.17, 15) is 0 Å². The fourth-order valence-electron chi connectivity index (χ4n) is 10.6. The number of fused-ring (bicyclic) bond motifs is 6. The van der Waals surface area contributed by atoms with E-state index in [1.807, 2.05) is 12.4 Å². The molecule has 12 rings (SSSR count). The van der Waals surface area contributed by atoms with E-state index in [4.69, 9.17) is 4.99 Å². The number of benzene rings is 8. The summed E-state index contributed by atoms with van der Waals surface area (Å²) in [5.74, 6) is 0.0986. The van der Waals surface area contributed by atoms with Crippen molar-refractivity contribution in [3.8, 4) is 5.69 Å². The summed E-state index contributed by atoms with van der Waals surface area (Å²) >= 11 is 0. The first-order chi connectivity index (χ1) is 32.1. The summed E-state index contributed by atoms with van der Waals surface area (Å²) in [6.07, 6.45) is 16.1. The summed E-state index contributed by atoms with van der Waals surface area (Å²) in [6, 6.07) is 61.2. The minimum atomic E-state index is -0.187. The maximum Gasteiger partial charge on any atom is 0.126 e. The van der Waals surface area contributed by atoms with E-state index in [0.29, 0.717) is 0 Å². The van der Waals surface area contributed by atoms with Crippen LogP contribution in [0.25, 0.3) is 82.6 Å². The topological polar surface area (TPSA) is 42.2 Å². The molecule has 10 aromatic rings. The number of pyridine rings is 1. The van der Waals surface area contributed by atoms with E-state index in [1.165, 1.54) is 82.2 Å². The number of para-hydroxylation sites is 1. The van der Waals surface area contributed by atoms with E-state index in [2.05, 4.69) is 229 Å². The van der Waals surface area contributed by atoms with Gasteiger partial charge in [0, 0.05) is 51.9 Å². The third kappa shape index (κ3) is 6.60. The van der Waals surface area contributed by atoms with Gasteiger partial charge in [-0.15, -0.1) is 0 Å². The fourth-order valence-corrected chi connectivity index (χ4v) is 10.6. The van der Waals surface area contributed by atoms with Crippen LogP contribution in [0.2, 0.25) is 0 Å². The molecule has 2 atom stereocenters. The van der Waals surface area contributed by atoms with Crippen molar-refractivity contribution in [3.63, 3.8) is 0 Å². The highest BCUT2D eigenvalue weighted by Gasteiger charge is 2.29. The first-order valence-corrected chi connectivity index (χ1v) is 22.6. The van der Waals surface area contributed by atoms with Gasteiger partial charge in [0.15, 0.2) is 0 Å². The van der Waals surface area contributed by atoms with Crippen LogP contribution in [0.4, 0.5) is 0 Å². The summed E-state index contributed by atoms with van der Waals surface area (Å²) in [6.45, 7) is 4.50. The molecule has 1 aliphatic heterocycles. The zero-order valence-electron chi connectivity index (χ0n) is 36.4. The van der Waals surface area contributed by atoms with Gasteiger partial charge in [-0.25, -0.2) is 0 Å².